The molecule has 3 N–H and O–H groups in total. The van der Waals surface area contributed by atoms with Crippen molar-refractivity contribution in [2.24, 2.45) is 0 Å². The van der Waals surface area contributed by atoms with E-state index in [9.17, 15) is 26.4 Å². The lowest BCUT2D eigenvalue weighted by Crippen LogP contribution is -2.41. The van der Waals surface area contributed by atoms with Gasteiger partial charge in [-0.2, -0.15) is 0 Å². The molecule has 0 aliphatic carbocycles. The monoisotopic (exact) mass is 383 g/mol. The van der Waals surface area contributed by atoms with Gasteiger partial charge in [-0.05, 0) is 31.2 Å². The highest BCUT2D eigenvalue weighted by molar-refractivity contribution is 7.93. The summed E-state index contributed by atoms with van der Waals surface area (Å²) in [7, 11) is -3.94. The fourth-order valence-corrected chi connectivity index (χ4v) is 3.36. The smallest absolute Gasteiger partial charge is 0.465 e. The summed E-state index contributed by atoms with van der Waals surface area (Å²) >= 11 is 0. The minimum atomic E-state index is -4.83. The number of anilines is 1. The van der Waals surface area contributed by atoms with E-state index in [1.807, 2.05) is 0 Å². The number of alkyl halides is 3. The lowest BCUT2D eigenvalue weighted by atomic mass is 10.2. The Balaban J connectivity index is 1.98. The molecular weight excluding hydrogens is 367 g/mol. The highest BCUT2D eigenvalue weighted by Crippen LogP contribution is 2.25. The van der Waals surface area contributed by atoms with Gasteiger partial charge in [0.05, 0.1) is 6.61 Å². The SMILES string of the molecule is CCOC(=O)C1CC(S(=O)(=O)Nc2ccc(OC(F)(F)F)cc2)NN1. The first kappa shape index (κ1) is 19.3. The topological polar surface area (TPSA) is 106 Å². The van der Waals surface area contributed by atoms with Gasteiger partial charge in [-0.15, -0.1) is 13.2 Å². The first-order chi connectivity index (χ1) is 11.6. The van der Waals surface area contributed by atoms with E-state index in [0.29, 0.717) is 0 Å². The summed E-state index contributed by atoms with van der Waals surface area (Å²) in [6.45, 7) is 1.79. The van der Waals surface area contributed by atoms with Gasteiger partial charge in [0.15, 0.2) is 0 Å². The second-order valence-corrected chi connectivity index (χ2v) is 6.90. The quantitative estimate of drug-likeness (QED) is 0.632. The molecule has 1 aromatic rings. The third-order valence-corrected chi connectivity index (χ3v) is 4.74. The van der Waals surface area contributed by atoms with Crippen molar-refractivity contribution in [3.05, 3.63) is 24.3 Å². The number of halogens is 3. The van der Waals surface area contributed by atoms with Gasteiger partial charge in [0.2, 0.25) is 10.0 Å². The summed E-state index contributed by atoms with van der Waals surface area (Å²) in [6.07, 6.45) is -4.90. The molecule has 1 aromatic carbocycles. The van der Waals surface area contributed by atoms with Crippen molar-refractivity contribution in [2.45, 2.75) is 31.1 Å². The van der Waals surface area contributed by atoms with Gasteiger partial charge in [0, 0.05) is 12.1 Å². The predicted octanol–water partition coefficient (Wildman–Crippen LogP) is 1.08. The van der Waals surface area contributed by atoms with Crippen LogP contribution in [0.25, 0.3) is 0 Å². The molecule has 0 spiro atoms. The molecule has 1 saturated heterocycles. The van der Waals surface area contributed by atoms with Crippen LogP contribution in [-0.2, 0) is 19.6 Å². The zero-order valence-electron chi connectivity index (χ0n) is 13.0. The van der Waals surface area contributed by atoms with Gasteiger partial charge in [0.25, 0.3) is 0 Å². The van der Waals surface area contributed by atoms with Gasteiger partial charge >= 0.3 is 12.3 Å². The molecule has 1 aliphatic rings. The Morgan fingerprint density at radius 1 is 1.28 bits per heavy atom. The van der Waals surface area contributed by atoms with Crippen LogP contribution in [0.5, 0.6) is 5.75 Å². The number of nitrogens with one attached hydrogen (secondary N) is 3. The second kappa shape index (κ2) is 7.45. The third kappa shape index (κ3) is 5.47. The van der Waals surface area contributed by atoms with Crippen LogP contribution in [0.4, 0.5) is 18.9 Å². The minimum absolute atomic E-state index is 0.0518. The van der Waals surface area contributed by atoms with Gasteiger partial charge < -0.3 is 9.47 Å². The summed E-state index contributed by atoms with van der Waals surface area (Å²) < 4.78 is 71.5. The van der Waals surface area contributed by atoms with Crippen LogP contribution in [0.2, 0.25) is 0 Å². The van der Waals surface area contributed by atoms with E-state index in [0.717, 1.165) is 24.3 Å². The summed E-state index contributed by atoms with van der Waals surface area (Å²) in [4.78, 5) is 11.6. The molecule has 12 heteroatoms. The molecule has 25 heavy (non-hydrogen) atoms. The fraction of sp³-hybridized carbons (Fsp3) is 0.462. The predicted molar refractivity (Wildman–Crippen MR) is 80.8 cm³/mol. The lowest BCUT2D eigenvalue weighted by Gasteiger charge is -2.14. The summed E-state index contributed by atoms with van der Waals surface area (Å²) in [6, 6.07) is 3.40. The molecule has 140 valence electrons. The van der Waals surface area contributed by atoms with E-state index in [-0.39, 0.29) is 18.7 Å². The number of sulfonamides is 1. The molecule has 0 radical (unpaired) electrons. The standard InChI is InChI=1S/C13H16F3N3O5S/c1-2-23-12(20)10-7-11(18-17-10)25(21,22)19-8-3-5-9(6-4-8)24-13(14,15)16/h3-6,10-11,17-19H,2,7H2,1H3. The molecule has 0 aromatic heterocycles. The minimum Gasteiger partial charge on any atom is -0.465 e. The molecule has 0 saturated carbocycles. The zero-order valence-corrected chi connectivity index (χ0v) is 13.8. The number of benzene rings is 1. The van der Waals surface area contributed by atoms with Crippen LogP contribution in [-0.4, -0.2) is 38.8 Å². The van der Waals surface area contributed by atoms with Gasteiger partial charge in [-0.25, -0.2) is 19.3 Å². The second-order valence-electron chi connectivity index (χ2n) is 5.04. The van der Waals surface area contributed by atoms with Gasteiger partial charge in [0.1, 0.15) is 17.2 Å². The number of esters is 1. The van der Waals surface area contributed by atoms with E-state index in [1.54, 1.807) is 6.92 Å². The van der Waals surface area contributed by atoms with Crippen LogP contribution < -0.4 is 20.3 Å². The first-order valence-electron chi connectivity index (χ1n) is 7.16. The van der Waals surface area contributed by atoms with E-state index >= 15 is 0 Å². The van der Waals surface area contributed by atoms with Crippen LogP contribution in [0.1, 0.15) is 13.3 Å². The summed E-state index contributed by atoms with van der Waals surface area (Å²) in [5.74, 6) is -1.06. The molecular formula is C13H16F3N3O5S. The molecule has 8 nitrogen and oxygen atoms in total. The van der Waals surface area contributed by atoms with Gasteiger partial charge in [-0.1, -0.05) is 0 Å². The van der Waals surface area contributed by atoms with E-state index < -0.39 is 39.5 Å². The number of hydrogen-bond donors (Lipinski definition) is 3. The highest BCUT2D eigenvalue weighted by Gasteiger charge is 2.38. The van der Waals surface area contributed by atoms with Crippen molar-refractivity contribution >= 4 is 21.7 Å². The lowest BCUT2D eigenvalue weighted by molar-refractivity contribution is -0.274. The zero-order chi connectivity index (χ0) is 18.7. The van der Waals surface area contributed by atoms with Crippen LogP contribution in [0.15, 0.2) is 24.3 Å². The average molecular weight is 383 g/mol. The largest absolute Gasteiger partial charge is 0.573 e. The maximum Gasteiger partial charge on any atom is 0.573 e. The van der Waals surface area contributed by atoms with Crippen molar-refractivity contribution < 1.29 is 35.9 Å². The highest BCUT2D eigenvalue weighted by atomic mass is 32.2. The Bertz CT molecular complexity index is 709. The Morgan fingerprint density at radius 2 is 1.92 bits per heavy atom. The molecule has 1 aliphatic heterocycles. The van der Waals surface area contributed by atoms with Crippen LogP contribution in [0.3, 0.4) is 0 Å². The average Bonchev–Trinajstić information content (AvgIpc) is 2.99. The molecule has 2 atom stereocenters. The normalized spacial score (nSPS) is 21.0. The van der Waals surface area contributed by atoms with Crippen molar-refractivity contribution in [2.75, 3.05) is 11.3 Å². The maximum absolute atomic E-state index is 12.3. The number of carbonyl (C=O) groups excluding carboxylic acids is 1. The van der Waals surface area contributed by atoms with Crippen molar-refractivity contribution in [1.29, 1.82) is 0 Å². The van der Waals surface area contributed by atoms with Crippen molar-refractivity contribution in [3.63, 3.8) is 0 Å². The van der Waals surface area contributed by atoms with Crippen LogP contribution >= 0.6 is 0 Å². The molecule has 0 bridgehead atoms. The fourth-order valence-electron chi connectivity index (χ4n) is 2.09. The molecule has 2 unspecified atom stereocenters. The van der Waals surface area contributed by atoms with E-state index in [2.05, 4.69) is 20.3 Å². The Morgan fingerprint density at radius 3 is 2.48 bits per heavy atom. The number of hydrogen-bond acceptors (Lipinski definition) is 7. The summed E-state index contributed by atoms with van der Waals surface area (Å²) in [5, 5.41) is -1.12. The number of hydrazine groups is 1. The number of rotatable bonds is 6. The summed E-state index contributed by atoms with van der Waals surface area (Å²) in [5.41, 5.74) is 5.06. The molecule has 1 heterocycles. The Kier molecular flexibility index (Phi) is 5.75. The van der Waals surface area contributed by atoms with Crippen molar-refractivity contribution in [3.8, 4) is 5.75 Å². The first-order valence-corrected chi connectivity index (χ1v) is 8.70. The number of ether oxygens (including phenoxy) is 2. The number of carbonyl (C=O) groups is 1. The third-order valence-electron chi connectivity index (χ3n) is 3.16. The molecule has 2 rings (SSSR count). The van der Waals surface area contributed by atoms with Crippen molar-refractivity contribution in [1.82, 2.24) is 10.9 Å². The van der Waals surface area contributed by atoms with Gasteiger partial charge in [-0.3, -0.25) is 9.52 Å². The Labute approximate surface area is 141 Å². The Hall–Kier alpha value is -2.05. The maximum atomic E-state index is 12.3. The van der Waals surface area contributed by atoms with E-state index in [1.165, 1.54) is 0 Å². The van der Waals surface area contributed by atoms with Crippen LogP contribution in [0, 0.1) is 0 Å². The molecule has 1 fully saturated rings. The van der Waals surface area contributed by atoms with E-state index in [4.69, 9.17) is 4.74 Å². The molecule has 0 amide bonds.